The van der Waals surface area contributed by atoms with Gasteiger partial charge in [0.15, 0.2) is 0 Å². The summed E-state index contributed by atoms with van der Waals surface area (Å²) in [6.07, 6.45) is -0.429. The van der Waals surface area contributed by atoms with Gasteiger partial charge >= 0.3 is 6.09 Å². The van der Waals surface area contributed by atoms with Gasteiger partial charge in [-0.15, -0.1) is 0 Å². The molecule has 0 aliphatic carbocycles. The van der Waals surface area contributed by atoms with E-state index in [4.69, 9.17) is 4.74 Å². The molecule has 25 heavy (non-hydrogen) atoms. The number of amides is 2. The summed E-state index contributed by atoms with van der Waals surface area (Å²) in [5.41, 5.74) is 1.38. The Morgan fingerprint density at radius 1 is 0.920 bits per heavy atom. The van der Waals surface area contributed by atoms with Crippen LogP contribution in [0.4, 0.5) is 4.79 Å². The van der Waals surface area contributed by atoms with Crippen LogP contribution in [-0.2, 0) is 5.41 Å². The summed E-state index contributed by atoms with van der Waals surface area (Å²) in [6.45, 7) is 16.3. The number of hydrogen-bond donors (Lipinski definition) is 0. The van der Waals surface area contributed by atoms with Gasteiger partial charge in [-0.2, -0.15) is 0 Å². The third-order valence-corrected chi connectivity index (χ3v) is 4.35. The van der Waals surface area contributed by atoms with Crippen molar-refractivity contribution in [1.82, 2.24) is 9.80 Å². The third-order valence-electron chi connectivity index (χ3n) is 4.35. The maximum atomic E-state index is 12.9. The molecule has 1 aromatic rings. The summed E-state index contributed by atoms with van der Waals surface area (Å²) in [6, 6.07) is 5.51. The van der Waals surface area contributed by atoms with Crippen LogP contribution in [0, 0.1) is 0 Å². The standard InChI is InChI=1S/C20H32N2O3/c1-8-21(9-2)18(23)16-14-15(20(5,6)7)12-13-17(16)25-19(24)22(10-3)11-4/h12-14H,8-11H2,1-7H3. The molecule has 2 amide bonds. The van der Waals surface area contributed by atoms with Crippen molar-refractivity contribution in [3.63, 3.8) is 0 Å². The van der Waals surface area contributed by atoms with Gasteiger partial charge in [0.25, 0.3) is 5.91 Å². The van der Waals surface area contributed by atoms with Crippen molar-refractivity contribution < 1.29 is 14.3 Å². The van der Waals surface area contributed by atoms with E-state index in [1.807, 2.05) is 39.8 Å². The van der Waals surface area contributed by atoms with E-state index >= 15 is 0 Å². The predicted molar refractivity (Wildman–Crippen MR) is 101 cm³/mol. The first-order valence-corrected chi connectivity index (χ1v) is 9.10. The van der Waals surface area contributed by atoms with Crippen LogP contribution in [0.1, 0.15) is 64.4 Å². The zero-order valence-corrected chi connectivity index (χ0v) is 16.7. The number of carbonyl (C=O) groups is 2. The molecule has 0 heterocycles. The predicted octanol–water partition coefficient (Wildman–Crippen LogP) is 4.31. The number of benzene rings is 1. The summed E-state index contributed by atoms with van der Waals surface area (Å²) in [5.74, 6) is 0.209. The van der Waals surface area contributed by atoms with Gasteiger partial charge < -0.3 is 14.5 Å². The molecule has 0 atom stereocenters. The SMILES string of the molecule is CCN(CC)C(=O)Oc1ccc(C(C)(C)C)cc1C(=O)N(CC)CC. The van der Waals surface area contributed by atoms with Gasteiger partial charge in [0.2, 0.25) is 0 Å². The number of ether oxygens (including phenoxy) is 1. The van der Waals surface area contributed by atoms with E-state index in [1.54, 1.807) is 15.9 Å². The van der Waals surface area contributed by atoms with Gasteiger partial charge in [0.05, 0.1) is 5.56 Å². The second-order valence-electron chi connectivity index (χ2n) is 6.98. The molecule has 5 heteroatoms. The largest absolute Gasteiger partial charge is 0.415 e. The van der Waals surface area contributed by atoms with Gasteiger partial charge in [-0.05, 0) is 50.8 Å². The van der Waals surface area contributed by atoms with Gasteiger partial charge in [0.1, 0.15) is 5.75 Å². The van der Waals surface area contributed by atoms with Crippen LogP contribution in [0.15, 0.2) is 18.2 Å². The van der Waals surface area contributed by atoms with E-state index < -0.39 is 6.09 Å². The lowest BCUT2D eigenvalue weighted by Crippen LogP contribution is -2.35. The second kappa shape index (κ2) is 8.88. The van der Waals surface area contributed by atoms with E-state index in [0.717, 1.165) is 5.56 Å². The molecule has 140 valence electrons. The first-order valence-electron chi connectivity index (χ1n) is 9.10. The molecule has 0 spiro atoms. The quantitative estimate of drug-likeness (QED) is 0.770. The summed E-state index contributed by atoms with van der Waals surface area (Å²) in [4.78, 5) is 28.6. The molecule has 0 saturated carbocycles. The summed E-state index contributed by atoms with van der Waals surface area (Å²) < 4.78 is 5.56. The molecule has 0 N–H and O–H groups in total. The molecule has 1 rings (SSSR count). The van der Waals surface area contributed by atoms with Crippen molar-refractivity contribution in [3.05, 3.63) is 29.3 Å². The Balaban J connectivity index is 3.32. The molecule has 0 radical (unpaired) electrons. The summed E-state index contributed by atoms with van der Waals surface area (Å²) in [7, 11) is 0. The highest BCUT2D eigenvalue weighted by Gasteiger charge is 2.24. The first kappa shape index (κ1) is 21.0. The number of carbonyl (C=O) groups excluding carboxylic acids is 2. The van der Waals surface area contributed by atoms with Crippen LogP contribution in [0.3, 0.4) is 0 Å². The van der Waals surface area contributed by atoms with Crippen molar-refractivity contribution in [2.45, 2.75) is 53.9 Å². The lowest BCUT2D eigenvalue weighted by molar-refractivity contribution is 0.0769. The highest BCUT2D eigenvalue weighted by molar-refractivity contribution is 5.98. The number of hydrogen-bond acceptors (Lipinski definition) is 3. The van der Waals surface area contributed by atoms with Crippen molar-refractivity contribution in [3.8, 4) is 5.75 Å². The summed E-state index contributed by atoms with van der Waals surface area (Å²) >= 11 is 0. The number of rotatable bonds is 6. The molecule has 0 aromatic heterocycles. The summed E-state index contributed by atoms with van der Waals surface area (Å²) in [5, 5.41) is 0. The Kier molecular flexibility index (Phi) is 7.46. The minimum absolute atomic E-state index is 0.0975. The Bertz CT molecular complexity index is 597. The van der Waals surface area contributed by atoms with Crippen molar-refractivity contribution in [1.29, 1.82) is 0 Å². The van der Waals surface area contributed by atoms with Crippen LogP contribution in [0.2, 0.25) is 0 Å². The lowest BCUT2D eigenvalue weighted by Gasteiger charge is -2.25. The maximum absolute atomic E-state index is 12.9. The zero-order chi connectivity index (χ0) is 19.2. The van der Waals surface area contributed by atoms with Crippen LogP contribution >= 0.6 is 0 Å². The van der Waals surface area contributed by atoms with Crippen molar-refractivity contribution in [2.75, 3.05) is 26.2 Å². The fraction of sp³-hybridized carbons (Fsp3) is 0.600. The number of nitrogens with zero attached hydrogens (tertiary/aromatic N) is 2. The van der Waals surface area contributed by atoms with E-state index in [1.165, 1.54) is 0 Å². The molecular weight excluding hydrogens is 316 g/mol. The van der Waals surface area contributed by atoms with Crippen molar-refractivity contribution >= 4 is 12.0 Å². The smallest absolute Gasteiger partial charge is 0.409 e. The fourth-order valence-electron chi connectivity index (χ4n) is 2.57. The second-order valence-corrected chi connectivity index (χ2v) is 6.98. The van der Waals surface area contributed by atoms with E-state index in [0.29, 0.717) is 37.5 Å². The highest BCUT2D eigenvalue weighted by Crippen LogP contribution is 2.29. The minimum atomic E-state index is -0.429. The molecule has 0 bridgehead atoms. The van der Waals surface area contributed by atoms with Crippen LogP contribution in [-0.4, -0.2) is 48.0 Å². The van der Waals surface area contributed by atoms with Gasteiger partial charge in [-0.25, -0.2) is 4.79 Å². The van der Waals surface area contributed by atoms with Crippen molar-refractivity contribution in [2.24, 2.45) is 0 Å². The fourth-order valence-corrected chi connectivity index (χ4v) is 2.57. The molecule has 0 unspecified atom stereocenters. The Hall–Kier alpha value is -2.04. The Morgan fingerprint density at radius 3 is 1.88 bits per heavy atom. The van der Waals surface area contributed by atoms with E-state index in [2.05, 4.69) is 20.8 Å². The first-order chi connectivity index (χ1) is 11.7. The van der Waals surface area contributed by atoms with Gasteiger partial charge in [0, 0.05) is 26.2 Å². The average molecular weight is 348 g/mol. The normalized spacial score (nSPS) is 11.2. The third kappa shape index (κ3) is 5.21. The van der Waals surface area contributed by atoms with E-state index in [9.17, 15) is 9.59 Å². The lowest BCUT2D eigenvalue weighted by atomic mass is 9.86. The molecule has 1 aromatic carbocycles. The average Bonchev–Trinajstić information content (AvgIpc) is 2.56. The van der Waals surface area contributed by atoms with E-state index in [-0.39, 0.29) is 11.3 Å². The monoisotopic (exact) mass is 348 g/mol. The van der Waals surface area contributed by atoms with Gasteiger partial charge in [-0.3, -0.25) is 4.79 Å². The Morgan fingerprint density at radius 2 is 1.44 bits per heavy atom. The minimum Gasteiger partial charge on any atom is -0.409 e. The molecule has 5 nitrogen and oxygen atoms in total. The van der Waals surface area contributed by atoms with Crippen LogP contribution in [0.25, 0.3) is 0 Å². The molecule has 0 aliphatic rings. The molecular formula is C20H32N2O3. The molecule has 0 saturated heterocycles. The molecule has 0 fully saturated rings. The van der Waals surface area contributed by atoms with Crippen LogP contribution < -0.4 is 4.74 Å². The highest BCUT2D eigenvalue weighted by atomic mass is 16.6. The Labute approximate surface area is 151 Å². The topological polar surface area (TPSA) is 49.9 Å². The maximum Gasteiger partial charge on any atom is 0.415 e. The zero-order valence-electron chi connectivity index (χ0n) is 16.7. The van der Waals surface area contributed by atoms with Crippen LogP contribution in [0.5, 0.6) is 5.75 Å². The molecule has 0 aliphatic heterocycles. The van der Waals surface area contributed by atoms with Gasteiger partial charge in [-0.1, -0.05) is 26.8 Å².